The number of aromatic nitrogens is 3. The Morgan fingerprint density at radius 1 is 0.974 bits per heavy atom. The van der Waals surface area contributed by atoms with Crippen molar-refractivity contribution >= 4 is 33.1 Å². The van der Waals surface area contributed by atoms with Gasteiger partial charge in [0.15, 0.2) is 23.1 Å². The number of hydrogen-bond acceptors (Lipinski definition) is 6. The van der Waals surface area contributed by atoms with E-state index in [0.29, 0.717) is 24.2 Å². The SMILES string of the molecule is CCn1cnc(-c2cc3nccc(Oc4ccc(CC(=O)C5(C(=O)Cc6ccccc6)CC5)cc4F)c3s2)c1. The van der Waals surface area contributed by atoms with Crippen LogP contribution in [0.4, 0.5) is 4.39 Å². The summed E-state index contributed by atoms with van der Waals surface area (Å²) in [6.07, 6.45) is 6.75. The second kappa shape index (κ2) is 10.2. The maximum absolute atomic E-state index is 15.1. The van der Waals surface area contributed by atoms with Crippen LogP contribution in [0.2, 0.25) is 0 Å². The fraction of sp³-hybridized carbons (Fsp3) is 0.226. The van der Waals surface area contributed by atoms with E-state index in [1.165, 1.54) is 23.5 Å². The number of hydrogen-bond donors (Lipinski definition) is 0. The molecule has 0 radical (unpaired) electrons. The summed E-state index contributed by atoms with van der Waals surface area (Å²) in [5.41, 5.74) is 2.08. The zero-order valence-corrected chi connectivity index (χ0v) is 22.2. The van der Waals surface area contributed by atoms with Gasteiger partial charge in [-0.2, -0.15) is 0 Å². The lowest BCUT2D eigenvalue weighted by molar-refractivity contribution is -0.133. The zero-order chi connectivity index (χ0) is 27.0. The van der Waals surface area contributed by atoms with Crippen molar-refractivity contribution in [3.63, 3.8) is 0 Å². The summed E-state index contributed by atoms with van der Waals surface area (Å²) >= 11 is 1.49. The minimum atomic E-state index is -0.937. The van der Waals surface area contributed by atoms with Crippen LogP contribution >= 0.6 is 11.3 Å². The highest BCUT2D eigenvalue weighted by atomic mass is 32.1. The molecule has 0 N–H and O–H groups in total. The number of aryl methyl sites for hydroxylation is 1. The predicted molar refractivity (Wildman–Crippen MR) is 149 cm³/mol. The second-order valence-corrected chi connectivity index (χ2v) is 10.9. The second-order valence-electron chi connectivity index (χ2n) is 9.86. The summed E-state index contributed by atoms with van der Waals surface area (Å²) in [6.45, 7) is 2.88. The number of fused-ring (bicyclic) bond motifs is 1. The highest BCUT2D eigenvalue weighted by Crippen LogP contribution is 2.49. The first-order valence-corrected chi connectivity index (χ1v) is 13.7. The highest BCUT2D eigenvalue weighted by molar-refractivity contribution is 7.22. The van der Waals surface area contributed by atoms with Gasteiger partial charge in [0.2, 0.25) is 0 Å². The van der Waals surface area contributed by atoms with Crippen LogP contribution in [0.3, 0.4) is 0 Å². The molecule has 5 aromatic rings. The number of carbonyl (C=O) groups excluding carboxylic acids is 2. The molecule has 3 aromatic heterocycles. The maximum Gasteiger partial charge on any atom is 0.166 e. The molecule has 1 fully saturated rings. The molecule has 6 nitrogen and oxygen atoms in total. The first-order chi connectivity index (χ1) is 18.9. The lowest BCUT2D eigenvalue weighted by atomic mass is 9.88. The smallest absolute Gasteiger partial charge is 0.166 e. The van der Waals surface area contributed by atoms with E-state index in [0.717, 1.165) is 32.9 Å². The van der Waals surface area contributed by atoms with Gasteiger partial charge in [0.05, 0.1) is 32.5 Å². The Balaban J connectivity index is 1.17. The van der Waals surface area contributed by atoms with E-state index in [-0.39, 0.29) is 30.2 Å². The number of ether oxygens (including phenoxy) is 1. The molecule has 0 aliphatic heterocycles. The number of imidazole rings is 1. The molecule has 8 heteroatoms. The molecule has 3 heterocycles. The van der Waals surface area contributed by atoms with E-state index in [2.05, 4.69) is 16.9 Å². The van der Waals surface area contributed by atoms with Crippen LogP contribution < -0.4 is 4.74 Å². The molecule has 0 atom stereocenters. The molecule has 1 aliphatic carbocycles. The van der Waals surface area contributed by atoms with Crippen molar-refractivity contribution in [2.75, 3.05) is 0 Å². The van der Waals surface area contributed by atoms with Crippen molar-refractivity contribution in [1.29, 1.82) is 0 Å². The maximum atomic E-state index is 15.1. The molecule has 0 saturated heterocycles. The van der Waals surface area contributed by atoms with E-state index in [4.69, 9.17) is 4.74 Å². The van der Waals surface area contributed by atoms with Gasteiger partial charge >= 0.3 is 0 Å². The standard InChI is InChI=1S/C31H26FN3O3S/c1-2-35-18-24(34-19-35)27-17-23-30(39-27)26(10-13-33-23)38-25-9-8-21(14-22(25)32)16-29(37)31(11-12-31)28(36)15-20-6-4-3-5-7-20/h3-10,13-14,17-19H,2,11-12,15-16H2,1H3. The highest BCUT2D eigenvalue weighted by Gasteiger charge is 2.54. The van der Waals surface area contributed by atoms with Crippen molar-refractivity contribution in [2.24, 2.45) is 5.41 Å². The van der Waals surface area contributed by atoms with Crippen molar-refractivity contribution in [3.05, 3.63) is 96.3 Å². The van der Waals surface area contributed by atoms with Crippen LogP contribution in [-0.2, 0) is 29.0 Å². The van der Waals surface area contributed by atoms with Crippen LogP contribution in [0.1, 0.15) is 30.9 Å². The Kier molecular flexibility index (Phi) is 6.56. The minimum absolute atomic E-state index is 0.00984. The van der Waals surface area contributed by atoms with Crippen LogP contribution in [0, 0.1) is 11.2 Å². The molecule has 0 bridgehead atoms. The quantitative estimate of drug-likeness (QED) is 0.182. The number of rotatable bonds is 10. The Morgan fingerprint density at radius 2 is 1.74 bits per heavy atom. The molecule has 0 spiro atoms. The van der Waals surface area contributed by atoms with Crippen molar-refractivity contribution in [1.82, 2.24) is 14.5 Å². The third kappa shape index (κ3) is 5.00. The first-order valence-electron chi connectivity index (χ1n) is 12.9. The van der Waals surface area contributed by atoms with Crippen LogP contribution in [0.25, 0.3) is 20.8 Å². The zero-order valence-electron chi connectivity index (χ0n) is 21.4. The number of Topliss-reactive ketones (excluding diaryl/α,β-unsaturated/α-hetero) is 2. The summed E-state index contributed by atoms with van der Waals surface area (Å²) in [6, 6.07) is 17.6. The third-order valence-corrected chi connectivity index (χ3v) is 8.39. The van der Waals surface area contributed by atoms with Gasteiger partial charge in [-0.3, -0.25) is 14.6 Å². The summed E-state index contributed by atoms with van der Waals surface area (Å²) < 4.78 is 23.9. The Bertz CT molecular complexity index is 1690. The van der Waals surface area contributed by atoms with Crippen LogP contribution in [0.15, 0.2) is 79.4 Å². The molecule has 39 heavy (non-hydrogen) atoms. The minimum Gasteiger partial charge on any atom is -0.453 e. The third-order valence-electron chi connectivity index (χ3n) is 7.23. The number of ketones is 2. The van der Waals surface area contributed by atoms with E-state index in [1.54, 1.807) is 24.7 Å². The number of thiophene rings is 1. The number of nitrogens with zero attached hydrogens (tertiary/aromatic N) is 3. The van der Waals surface area contributed by atoms with Gasteiger partial charge < -0.3 is 9.30 Å². The molecule has 0 unspecified atom stereocenters. The Hall–Kier alpha value is -4.17. The predicted octanol–water partition coefficient (Wildman–Crippen LogP) is 6.81. The van der Waals surface area contributed by atoms with E-state index < -0.39 is 11.2 Å². The summed E-state index contributed by atoms with van der Waals surface area (Å²) in [4.78, 5) is 35.9. The fourth-order valence-corrected chi connectivity index (χ4v) is 5.81. The summed E-state index contributed by atoms with van der Waals surface area (Å²) in [7, 11) is 0. The monoisotopic (exact) mass is 539 g/mol. The van der Waals surface area contributed by atoms with E-state index in [1.807, 2.05) is 47.2 Å². The van der Waals surface area contributed by atoms with E-state index >= 15 is 4.39 Å². The Morgan fingerprint density at radius 3 is 2.44 bits per heavy atom. The topological polar surface area (TPSA) is 74.1 Å². The van der Waals surface area contributed by atoms with Gasteiger partial charge in [0.1, 0.15) is 5.75 Å². The number of halogens is 1. The molecule has 2 aromatic carbocycles. The molecule has 6 rings (SSSR count). The van der Waals surface area contributed by atoms with Crippen LogP contribution in [-0.4, -0.2) is 26.1 Å². The molecule has 1 saturated carbocycles. The normalized spacial score (nSPS) is 13.9. The molecular weight excluding hydrogens is 513 g/mol. The molecule has 0 amide bonds. The first kappa shape index (κ1) is 25.1. The molecule has 1 aliphatic rings. The van der Waals surface area contributed by atoms with Gasteiger partial charge in [-0.1, -0.05) is 36.4 Å². The average molecular weight is 540 g/mol. The largest absolute Gasteiger partial charge is 0.453 e. The van der Waals surface area contributed by atoms with Gasteiger partial charge in [-0.25, -0.2) is 9.37 Å². The van der Waals surface area contributed by atoms with Gasteiger partial charge in [0.25, 0.3) is 0 Å². The van der Waals surface area contributed by atoms with Crippen molar-refractivity contribution in [2.45, 2.75) is 39.2 Å². The Labute approximate surface area is 229 Å². The van der Waals surface area contributed by atoms with Crippen molar-refractivity contribution in [3.8, 4) is 22.1 Å². The number of carbonyl (C=O) groups is 2. The summed E-state index contributed by atoms with van der Waals surface area (Å²) in [5.74, 6) is -0.215. The summed E-state index contributed by atoms with van der Waals surface area (Å²) in [5, 5.41) is 0. The lowest BCUT2D eigenvalue weighted by Crippen LogP contribution is -2.28. The van der Waals surface area contributed by atoms with Crippen LogP contribution in [0.5, 0.6) is 11.5 Å². The fourth-order valence-electron chi connectivity index (χ4n) is 4.78. The van der Waals surface area contributed by atoms with Gasteiger partial charge in [0, 0.05) is 37.8 Å². The van der Waals surface area contributed by atoms with E-state index in [9.17, 15) is 9.59 Å². The lowest BCUT2D eigenvalue weighted by Gasteiger charge is -2.14. The average Bonchev–Trinajstić information content (AvgIpc) is 3.42. The van der Waals surface area contributed by atoms with Gasteiger partial charge in [-0.15, -0.1) is 11.3 Å². The molecule has 196 valence electrons. The van der Waals surface area contributed by atoms with Gasteiger partial charge in [-0.05, 0) is 49.1 Å². The number of benzene rings is 2. The molecular formula is C31H26FN3O3S. The van der Waals surface area contributed by atoms with Crippen molar-refractivity contribution < 1.29 is 18.7 Å². The number of pyridine rings is 1.